The molecule has 0 atom stereocenters. The van der Waals surface area contributed by atoms with Crippen molar-refractivity contribution in [2.75, 3.05) is 18.4 Å². The Morgan fingerprint density at radius 3 is 2.29 bits per heavy atom. The Morgan fingerprint density at radius 1 is 0.941 bits per heavy atom. The fourth-order valence-corrected chi connectivity index (χ4v) is 3.06. The Morgan fingerprint density at radius 2 is 1.62 bits per heavy atom. The van der Waals surface area contributed by atoms with Crippen molar-refractivity contribution in [3.8, 4) is 11.3 Å². The number of carbonyl (C=O) groups excluding carboxylic acids is 2. The average molecular weight is 482 g/mol. The Labute approximate surface area is 204 Å². The summed E-state index contributed by atoms with van der Waals surface area (Å²) in [6, 6.07) is 16.3. The van der Waals surface area contributed by atoms with Crippen LogP contribution in [0, 0.1) is 0 Å². The van der Waals surface area contributed by atoms with Gasteiger partial charge in [0.15, 0.2) is 0 Å². The summed E-state index contributed by atoms with van der Waals surface area (Å²) in [6.45, 7) is 6.25. The van der Waals surface area contributed by atoms with Gasteiger partial charge in [-0.05, 0) is 69.7 Å². The number of nitrogens with one attached hydrogen (secondary N) is 3. The number of hydrogen-bond acceptors (Lipinski definition) is 6. The van der Waals surface area contributed by atoms with E-state index in [1.807, 2.05) is 30.3 Å². The smallest absolute Gasteiger partial charge is 0.407 e. The van der Waals surface area contributed by atoms with E-state index < -0.39 is 11.7 Å². The van der Waals surface area contributed by atoms with Crippen LogP contribution in [-0.2, 0) is 4.74 Å². The van der Waals surface area contributed by atoms with Gasteiger partial charge in [0.05, 0.1) is 5.69 Å². The van der Waals surface area contributed by atoms with E-state index in [1.165, 1.54) is 0 Å². The molecule has 178 valence electrons. The van der Waals surface area contributed by atoms with Gasteiger partial charge in [0, 0.05) is 41.1 Å². The lowest BCUT2D eigenvalue weighted by molar-refractivity contribution is 0.0527. The van der Waals surface area contributed by atoms with E-state index in [2.05, 4.69) is 25.9 Å². The number of carbonyl (C=O) groups is 2. The van der Waals surface area contributed by atoms with Gasteiger partial charge >= 0.3 is 6.09 Å². The molecule has 0 unspecified atom stereocenters. The molecular weight excluding hydrogens is 454 g/mol. The predicted molar refractivity (Wildman–Crippen MR) is 133 cm³/mol. The molecule has 1 aromatic heterocycles. The van der Waals surface area contributed by atoms with Gasteiger partial charge in [-0.3, -0.25) is 4.79 Å². The summed E-state index contributed by atoms with van der Waals surface area (Å²) in [6.07, 6.45) is 1.80. The van der Waals surface area contributed by atoms with Gasteiger partial charge in [0.25, 0.3) is 5.91 Å². The Kier molecular flexibility index (Phi) is 8.43. The molecule has 0 aliphatic heterocycles. The van der Waals surface area contributed by atoms with Crippen LogP contribution in [0.5, 0.6) is 0 Å². The molecule has 2 amide bonds. The molecule has 0 saturated carbocycles. The maximum atomic E-state index is 12.3. The maximum absolute atomic E-state index is 12.3. The number of rotatable bonds is 8. The first-order valence-electron chi connectivity index (χ1n) is 10.9. The van der Waals surface area contributed by atoms with Gasteiger partial charge in [-0.25, -0.2) is 14.8 Å². The summed E-state index contributed by atoms with van der Waals surface area (Å²) >= 11 is 5.95. The molecular formula is C25H28ClN5O3. The van der Waals surface area contributed by atoms with Crippen LogP contribution in [0.25, 0.3) is 11.3 Å². The molecule has 8 nitrogen and oxygen atoms in total. The third-order valence-electron chi connectivity index (χ3n) is 4.51. The monoisotopic (exact) mass is 481 g/mol. The van der Waals surface area contributed by atoms with Gasteiger partial charge in [0.2, 0.25) is 5.95 Å². The minimum Gasteiger partial charge on any atom is -0.444 e. The number of ether oxygens (including phenoxy) is 1. The Bertz CT molecular complexity index is 1110. The SMILES string of the molecule is CC(C)(C)OC(=O)NCCCNC(=O)c1ccc(Nc2nccc(-c3ccc(Cl)cc3)n2)cc1. The number of amides is 2. The van der Waals surface area contributed by atoms with Crippen LogP contribution >= 0.6 is 11.6 Å². The lowest BCUT2D eigenvalue weighted by Crippen LogP contribution is -2.34. The molecule has 0 fully saturated rings. The minimum atomic E-state index is -0.537. The van der Waals surface area contributed by atoms with Crippen LogP contribution in [0.15, 0.2) is 60.8 Å². The molecule has 0 radical (unpaired) electrons. The molecule has 9 heteroatoms. The predicted octanol–water partition coefficient (Wildman–Crippen LogP) is 5.19. The zero-order chi connectivity index (χ0) is 24.6. The lowest BCUT2D eigenvalue weighted by atomic mass is 10.1. The quantitative estimate of drug-likeness (QED) is 0.382. The number of halogens is 1. The minimum absolute atomic E-state index is 0.190. The molecule has 0 aliphatic carbocycles. The van der Waals surface area contributed by atoms with Gasteiger partial charge in [0.1, 0.15) is 5.60 Å². The van der Waals surface area contributed by atoms with Crippen molar-refractivity contribution in [1.29, 1.82) is 0 Å². The second kappa shape index (κ2) is 11.5. The fraction of sp³-hybridized carbons (Fsp3) is 0.280. The number of nitrogens with zero attached hydrogens (tertiary/aromatic N) is 2. The largest absolute Gasteiger partial charge is 0.444 e. The first kappa shape index (κ1) is 25.0. The summed E-state index contributed by atoms with van der Waals surface area (Å²) in [7, 11) is 0. The fourth-order valence-electron chi connectivity index (χ4n) is 2.93. The number of aromatic nitrogens is 2. The second-order valence-corrected chi connectivity index (χ2v) is 8.95. The summed E-state index contributed by atoms with van der Waals surface area (Å²) in [5.41, 5.74) is 2.45. The first-order valence-corrected chi connectivity index (χ1v) is 11.3. The highest BCUT2D eigenvalue weighted by Crippen LogP contribution is 2.21. The standard InChI is InChI=1S/C25H28ClN5O3/c1-25(2,3)34-24(33)29-15-4-14-27-22(32)18-7-11-20(12-8-18)30-23-28-16-13-21(31-23)17-5-9-19(26)10-6-17/h5-13,16H,4,14-15H2,1-3H3,(H,27,32)(H,29,33)(H,28,30,31). The molecule has 0 spiro atoms. The topological polar surface area (TPSA) is 105 Å². The third-order valence-corrected chi connectivity index (χ3v) is 4.76. The molecule has 1 heterocycles. The Hall–Kier alpha value is -3.65. The van der Waals surface area contributed by atoms with Crippen LogP contribution in [0.3, 0.4) is 0 Å². The van der Waals surface area contributed by atoms with Gasteiger partial charge in [-0.2, -0.15) is 0 Å². The van der Waals surface area contributed by atoms with E-state index >= 15 is 0 Å². The number of alkyl carbamates (subject to hydrolysis) is 1. The van der Waals surface area contributed by atoms with E-state index in [1.54, 1.807) is 51.2 Å². The van der Waals surface area contributed by atoms with Gasteiger partial charge in [-0.1, -0.05) is 23.7 Å². The number of anilines is 2. The molecule has 0 bridgehead atoms. The van der Waals surface area contributed by atoms with Crippen LogP contribution in [0.1, 0.15) is 37.6 Å². The van der Waals surface area contributed by atoms with E-state index in [0.29, 0.717) is 36.0 Å². The second-order valence-electron chi connectivity index (χ2n) is 8.51. The molecule has 3 rings (SSSR count). The van der Waals surface area contributed by atoms with E-state index in [0.717, 1.165) is 16.9 Å². The lowest BCUT2D eigenvalue weighted by Gasteiger charge is -2.19. The molecule has 2 aromatic carbocycles. The van der Waals surface area contributed by atoms with Gasteiger partial charge in [-0.15, -0.1) is 0 Å². The zero-order valence-electron chi connectivity index (χ0n) is 19.4. The van der Waals surface area contributed by atoms with E-state index in [9.17, 15) is 9.59 Å². The Balaban J connectivity index is 1.47. The van der Waals surface area contributed by atoms with Crippen molar-refractivity contribution < 1.29 is 14.3 Å². The van der Waals surface area contributed by atoms with E-state index in [4.69, 9.17) is 16.3 Å². The summed E-state index contributed by atoms with van der Waals surface area (Å²) in [5, 5.41) is 9.31. The summed E-state index contributed by atoms with van der Waals surface area (Å²) in [4.78, 5) is 32.7. The van der Waals surface area contributed by atoms with Crippen LogP contribution < -0.4 is 16.0 Å². The average Bonchev–Trinajstić information content (AvgIpc) is 2.79. The molecule has 0 aliphatic rings. The summed E-state index contributed by atoms with van der Waals surface area (Å²) in [5.74, 6) is 0.256. The molecule has 34 heavy (non-hydrogen) atoms. The highest BCUT2D eigenvalue weighted by atomic mass is 35.5. The summed E-state index contributed by atoms with van der Waals surface area (Å²) < 4.78 is 5.16. The maximum Gasteiger partial charge on any atom is 0.407 e. The third kappa shape index (κ3) is 8.04. The van der Waals surface area contributed by atoms with Crippen molar-refractivity contribution in [1.82, 2.24) is 20.6 Å². The van der Waals surface area contributed by atoms with Crippen molar-refractivity contribution in [2.24, 2.45) is 0 Å². The number of hydrogen-bond donors (Lipinski definition) is 3. The van der Waals surface area contributed by atoms with Crippen LogP contribution in [0.2, 0.25) is 5.02 Å². The van der Waals surface area contributed by atoms with Gasteiger partial charge < -0.3 is 20.7 Å². The van der Waals surface area contributed by atoms with Crippen LogP contribution in [-0.4, -0.2) is 40.7 Å². The van der Waals surface area contributed by atoms with Crippen molar-refractivity contribution >= 4 is 35.2 Å². The molecule has 3 aromatic rings. The van der Waals surface area contributed by atoms with Crippen molar-refractivity contribution in [3.05, 3.63) is 71.4 Å². The van der Waals surface area contributed by atoms with Crippen molar-refractivity contribution in [3.63, 3.8) is 0 Å². The zero-order valence-corrected chi connectivity index (χ0v) is 20.1. The highest BCUT2D eigenvalue weighted by Gasteiger charge is 2.15. The normalized spacial score (nSPS) is 10.9. The van der Waals surface area contributed by atoms with Crippen LogP contribution in [0.4, 0.5) is 16.4 Å². The van der Waals surface area contributed by atoms with E-state index in [-0.39, 0.29) is 5.91 Å². The molecule has 3 N–H and O–H groups in total. The number of benzene rings is 2. The molecule has 0 saturated heterocycles. The first-order chi connectivity index (χ1) is 16.2. The van der Waals surface area contributed by atoms with Crippen molar-refractivity contribution in [2.45, 2.75) is 32.8 Å². The highest BCUT2D eigenvalue weighted by molar-refractivity contribution is 6.30.